The number of esters is 2. The molecule has 1 aliphatic carbocycles. The average molecular weight is 254 g/mol. The highest BCUT2D eigenvalue weighted by molar-refractivity contribution is 5.83. The average Bonchev–Trinajstić information content (AvgIpc) is 2.38. The molecule has 0 unspecified atom stereocenters. The van der Waals surface area contributed by atoms with E-state index < -0.39 is 11.8 Å². The Balaban J connectivity index is 3.06. The molecule has 0 aromatic carbocycles. The molecule has 0 amide bonds. The van der Waals surface area contributed by atoms with Crippen LogP contribution in [0.15, 0.2) is 12.2 Å². The molecule has 4 nitrogen and oxygen atoms in total. The van der Waals surface area contributed by atoms with E-state index in [4.69, 9.17) is 9.47 Å². The first kappa shape index (κ1) is 14.7. The molecule has 0 saturated carbocycles. The molecule has 0 heterocycles. The van der Waals surface area contributed by atoms with Gasteiger partial charge in [0.05, 0.1) is 26.1 Å². The lowest BCUT2D eigenvalue weighted by molar-refractivity contribution is -0.161. The Labute approximate surface area is 108 Å². The van der Waals surface area contributed by atoms with Crippen molar-refractivity contribution in [2.75, 3.05) is 14.2 Å². The molecule has 1 aliphatic rings. The van der Waals surface area contributed by atoms with E-state index >= 15 is 0 Å². The fourth-order valence-corrected chi connectivity index (χ4v) is 2.71. The van der Waals surface area contributed by atoms with Crippen LogP contribution in [0.1, 0.15) is 26.7 Å². The van der Waals surface area contributed by atoms with Crippen LogP contribution in [0.25, 0.3) is 0 Å². The molecule has 18 heavy (non-hydrogen) atoms. The fourth-order valence-electron chi connectivity index (χ4n) is 2.71. The molecule has 0 aromatic heterocycles. The van der Waals surface area contributed by atoms with Gasteiger partial charge in [0.2, 0.25) is 0 Å². The maximum absolute atomic E-state index is 12.0. The van der Waals surface area contributed by atoms with Crippen molar-refractivity contribution in [2.24, 2.45) is 23.7 Å². The minimum absolute atomic E-state index is 0.00495. The molecule has 1 rings (SSSR count). The first-order chi connectivity index (χ1) is 8.56. The number of ether oxygens (including phenoxy) is 2. The van der Waals surface area contributed by atoms with Crippen LogP contribution >= 0.6 is 0 Å². The summed E-state index contributed by atoms with van der Waals surface area (Å²) in [7, 11) is 2.72. The lowest BCUT2D eigenvalue weighted by Gasteiger charge is -2.34. The predicted octanol–water partition coefficient (Wildman–Crippen LogP) is 2.19. The normalized spacial score (nSPS) is 30.9. The maximum atomic E-state index is 12.0. The summed E-state index contributed by atoms with van der Waals surface area (Å²) >= 11 is 0. The van der Waals surface area contributed by atoms with Gasteiger partial charge in [0.15, 0.2) is 0 Å². The topological polar surface area (TPSA) is 52.6 Å². The molecule has 102 valence electrons. The van der Waals surface area contributed by atoms with Crippen molar-refractivity contribution < 1.29 is 19.1 Å². The molecule has 0 fully saturated rings. The van der Waals surface area contributed by atoms with E-state index in [9.17, 15) is 9.59 Å². The van der Waals surface area contributed by atoms with Gasteiger partial charge in [0.25, 0.3) is 0 Å². The van der Waals surface area contributed by atoms with Gasteiger partial charge in [-0.25, -0.2) is 0 Å². The third kappa shape index (κ3) is 2.92. The van der Waals surface area contributed by atoms with Gasteiger partial charge >= 0.3 is 11.9 Å². The number of methoxy groups -OCH3 is 2. The molecule has 0 N–H and O–H groups in total. The highest BCUT2D eigenvalue weighted by atomic mass is 16.5. The highest BCUT2D eigenvalue weighted by Crippen LogP contribution is 2.38. The molecular formula is C14H22O4. The van der Waals surface area contributed by atoms with Crippen molar-refractivity contribution in [1.29, 1.82) is 0 Å². The summed E-state index contributed by atoms with van der Waals surface area (Å²) in [6.45, 7) is 3.99. The number of allylic oxidation sites excluding steroid dienone is 2. The molecule has 4 atom stereocenters. The van der Waals surface area contributed by atoms with Crippen molar-refractivity contribution in [1.82, 2.24) is 0 Å². The third-order valence-electron chi connectivity index (χ3n) is 3.65. The van der Waals surface area contributed by atoms with Gasteiger partial charge in [0, 0.05) is 0 Å². The minimum atomic E-state index is -0.441. The van der Waals surface area contributed by atoms with E-state index in [0.29, 0.717) is 0 Å². The minimum Gasteiger partial charge on any atom is -0.469 e. The van der Waals surface area contributed by atoms with Gasteiger partial charge in [0.1, 0.15) is 0 Å². The van der Waals surface area contributed by atoms with Gasteiger partial charge in [-0.1, -0.05) is 32.4 Å². The van der Waals surface area contributed by atoms with Crippen LogP contribution in [0.3, 0.4) is 0 Å². The first-order valence-electron chi connectivity index (χ1n) is 6.40. The van der Waals surface area contributed by atoms with E-state index in [1.807, 2.05) is 19.1 Å². The molecule has 0 radical (unpaired) electrons. The molecule has 0 spiro atoms. The Morgan fingerprint density at radius 1 is 1.06 bits per heavy atom. The van der Waals surface area contributed by atoms with Crippen LogP contribution in [0.5, 0.6) is 0 Å². The molecule has 0 aliphatic heterocycles. The van der Waals surface area contributed by atoms with Crippen molar-refractivity contribution in [3.05, 3.63) is 12.2 Å². The summed E-state index contributed by atoms with van der Waals surface area (Å²) in [6, 6.07) is 0. The zero-order chi connectivity index (χ0) is 13.7. The third-order valence-corrected chi connectivity index (χ3v) is 3.65. The zero-order valence-corrected chi connectivity index (χ0v) is 11.5. The smallest absolute Gasteiger partial charge is 0.310 e. The van der Waals surface area contributed by atoms with Crippen LogP contribution < -0.4 is 0 Å². The van der Waals surface area contributed by atoms with E-state index in [2.05, 4.69) is 6.92 Å². The number of hydrogen-bond acceptors (Lipinski definition) is 4. The van der Waals surface area contributed by atoms with Gasteiger partial charge in [-0.3, -0.25) is 9.59 Å². The summed E-state index contributed by atoms with van der Waals surface area (Å²) in [5, 5.41) is 0. The predicted molar refractivity (Wildman–Crippen MR) is 67.7 cm³/mol. The summed E-state index contributed by atoms with van der Waals surface area (Å²) in [5.41, 5.74) is 0. The molecule has 0 aromatic rings. The van der Waals surface area contributed by atoms with E-state index in [-0.39, 0.29) is 23.8 Å². The summed E-state index contributed by atoms with van der Waals surface area (Å²) in [5.74, 6) is -1.47. The van der Waals surface area contributed by atoms with Crippen molar-refractivity contribution in [3.63, 3.8) is 0 Å². The monoisotopic (exact) mass is 254 g/mol. The Hall–Kier alpha value is -1.32. The molecule has 0 bridgehead atoms. The van der Waals surface area contributed by atoms with E-state index in [0.717, 1.165) is 12.8 Å². The molecule has 0 saturated heterocycles. The summed E-state index contributed by atoms with van der Waals surface area (Å²) in [4.78, 5) is 23.9. The van der Waals surface area contributed by atoms with Crippen molar-refractivity contribution >= 4 is 11.9 Å². The highest BCUT2D eigenvalue weighted by Gasteiger charge is 2.44. The summed E-state index contributed by atoms with van der Waals surface area (Å²) < 4.78 is 9.69. The standard InChI is InChI=1S/C14H22O4/c1-5-6-10-8-7-9(2)11(13(15)17-3)12(10)14(16)18-4/h7-12H,5-6H2,1-4H3/t9-,10+,11-,12-/m1/s1. The number of carbonyl (C=O) groups is 2. The second-order valence-corrected chi connectivity index (χ2v) is 4.79. The fraction of sp³-hybridized carbons (Fsp3) is 0.714. The van der Waals surface area contributed by atoms with E-state index in [1.165, 1.54) is 14.2 Å². The quantitative estimate of drug-likeness (QED) is 0.570. The zero-order valence-electron chi connectivity index (χ0n) is 11.5. The van der Waals surface area contributed by atoms with Gasteiger partial charge in [-0.05, 0) is 18.3 Å². The Morgan fingerprint density at radius 2 is 1.61 bits per heavy atom. The Kier molecular flexibility index (Phi) is 5.38. The lowest BCUT2D eigenvalue weighted by Crippen LogP contribution is -2.41. The van der Waals surface area contributed by atoms with Crippen LogP contribution in [0.4, 0.5) is 0 Å². The van der Waals surface area contributed by atoms with Gasteiger partial charge in [-0.15, -0.1) is 0 Å². The second-order valence-electron chi connectivity index (χ2n) is 4.79. The summed E-state index contributed by atoms with van der Waals surface area (Å²) in [6.07, 6.45) is 5.87. The SMILES string of the molecule is CCC[C@H]1C=C[C@@H](C)[C@@H](C(=O)OC)[C@@H]1C(=O)OC. The Bertz CT molecular complexity index is 335. The second kappa shape index (κ2) is 6.57. The lowest BCUT2D eigenvalue weighted by atomic mass is 9.69. The van der Waals surface area contributed by atoms with Gasteiger partial charge < -0.3 is 9.47 Å². The van der Waals surface area contributed by atoms with Crippen molar-refractivity contribution in [2.45, 2.75) is 26.7 Å². The van der Waals surface area contributed by atoms with Crippen LogP contribution in [0, 0.1) is 23.7 Å². The number of rotatable bonds is 4. The van der Waals surface area contributed by atoms with Crippen LogP contribution in [0.2, 0.25) is 0 Å². The van der Waals surface area contributed by atoms with Crippen molar-refractivity contribution in [3.8, 4) is 0 Å². The van der Waals surface area contributed by atoms with E-state index in [1.54, 1.807) is 0 Å². The number of hydrogen-bond donors (Lipinski definition) is 0. The largest absolute Gasteiger partial charge is 0.469 e. The molecular weight excluding hydrogens is 232 g/mol. The van der Waals surface area contributed by atoms with Crippen LogP contribution in [-0.4, -0.2) is 26.2 Å². The van der Waals surface area contributed by atoms with Gasteiger partial charge in [-0.2, -0.15) is 0 Å². The molecule has 4 heteroatoms. The Morgan fingerprint density at radius 3 is 2.11 bits per heavy atom. The first-order valence-corrected chi connectivity index (χ1v) is 6.40. The van der Waals surface area contributed by atoms with Crippen LogP contribution in [-0.2, 0) is 19.1 Å². The maximum Gasteiger partial charge on any atom is 0.310 e. The number of carbonyl (C=O) groups excluding carboxylic acids is 2.